The van der Waals surface area contributed by atoms with Gasteiger partial charge in [-0.2, -0.15) is 0 Å². The zero-order chi connectivity index (χ0) is 18.0. The van der Waals surface area contributed by atoms with E-state index in [1.807, 2.05) is 0 Å². The predicted molar refractivity (Wildman–Crippen MR) is 88.1 cm³/mol. The number of rotatable bonds is 4. The number of methoxy groups -OCH3 is 1. The van der Waals surface area contributed by atoms with Gasteiger partial charge < -0.3 is 19.5 Å². The van der Waals surface area contributed by atoms with E-state index in [1.165, 1.54) is 19.2 Å². The molecule has 1 atom stereocenters. The van der Waals surface area contributed by atoms with Gasteiger partial charge in [0.2, 0.25) is 0 Å². The molecule has 2 aliphatic heterocycles. The van der Waals surface area contributed by atoms with Crippen LogP contribution in [0.15, 0.2) is 12.1 Å². The Balaban J connectivity index is 1.83. The fraction of sp³-hybridized carbons (Fsp3) is 0.438. The van der Waals surface area contributed by atoms with Crippen molar-refractivity contribution >= 4 is 35.2 Å². The van der Waals surface area contributed by atoms with E-state index in [-0.39, 0.29) is 23.6 Å². The summed E-state index contributed by atoms with van der Waals surface area (Å²) in [5, 5.41) is 2.75. The lowest BCUT2D eigenvalue weighted by Gasteiger charge is -2.17. The summed E-state index contributed by atoms with van der Waals surface area (Å²) in [6, 6.07) is 1.64. The monoisotopic (exact) mass is 368 g/mol. The number of ether oxygens (including phenoxy) is 3. The van der Waals surface area contributed by atoms with Crippen LogP contribution in [0.1, 0.15) is 19.3 Å². The topological polar surface area (TPSA) is 94.2 Å². The van der Waals surface area contributed by atoms with Crippen molar-refractivity contribution in [2.75, 3.05) is 25.2 Å². The third kappa shape index (κ3) is 3.48. The number of imide groups is 1. The van der Waals surface area contributed by atoms with Crippen LogP contribution in [0.4, 0.5) is 10.5 Å². The summed E-state index contributed by atoms with van der Waals surface area (Å²) in [6.07, 6.45) is 0.895. The highest BCUT2D eigenvalue weighted by Gasteiger charge is 2.40. The molecule has 1 fully saturated rings. The first-order valence-electron chi connectivity index (χ1n) is 7.81. The van der Waals surface area contributed by atoms with Gasteiger partial charge >= 0.3 is 12.0 Å². The molecule has 25 heavy (non-hydrogen) atoms. The highest BCUT2D eigenvalue weighted by molar-refractivity contribution is 6.36. The molecule has 2 heterocycles. The van der Waals surface area contributed by atoms with E-state index in [0.29, 0.717) is 24.7 Å². The average molecular weight is 369 g/mol. The molecule has 0 bridgehead atoms. The first-order valence-corrected chi connectivity index (χ1v) is 8.19. The molecule has 0 aliphatic carbocycles. The quantitative estimate of drug-likeness (QED) is 0.644. The van der Waals surface area contributed by atoms with Crippen molar-refractivity contribution in [3.63, 3.8) is 0 Å². The molecule has 0 unspecified atom stereocenters. The van der Waals surface area contributed by atoms with E-state index in [1.54, 1.807) is 0 Å². The molecule has 1 aromatic rings. The Hall–Kier alpha value is -2.48. The van der Waals surface area contributed by atoms with Gasteiger partial charge in [0, 0.05) is 25.0 Å². The summed E-state index contributed by atoms with van der Waals surface area (Å²) < 4.78 is 15.7. The van der Waals surface area contributed by atoms with Crippen molar-refractivity contribution in [1.82, 2.24) is 5.32 Å². The van der Waals surface area contributed by atoms with Crippen molar-refractivity contribution in [1.29, 1.82) is 0 Å². The predicted octanol–water partition coefficient (Wildman–Crippen LogP) is 1.88. The normalized spacial score (nSPS) is 19.4. The van der Waals surface area contributed by atoms with Crippen molar-refractivity contribution in [3.8, 4) is 11.5 Å². The SMILES string of the molecule is COC(=O)CC[C@H]1NC(=O)N(c2cc3c(cc2Cl)OCCCO3)C1=O. The van der Waals surface area contributed by atoms with Crippen LogP contribution in [0, 0.1) is 0 Å². The highest BCUT2D eigenvalue weighted by Crippen LogP contribution is 2.40. The Morgan fingerprint density at radius 3 is 2.68 bits per heavy atom. The molecule has 0 radical (unpaired) electrons. The molecule has 1 saturated heterocycles. The highest BCUT2D eigenvalue weighted by atomic mass is 35.5. The molecular formula is C16H17ClN2O6. The van der Waals surface area contributed by atoms with Gasteiger partial charge in [0.05, 0.1) is 31.0 Å². The van der Waals surface area contributed by atoms with E-state index in [2.05, 4.69) is 10.1 Å². The van der Waals surface area contributed by atoms with Crippen LogP contribution >= 0.6 is 11.6 Å². The van der Waals surface area contributed by atoms with Gasteiger partial charge in [0.15, 0.2) is 11.5 Å². The van der Waals surface area contributed by atoms with Gasteiger partial charge in [-0.3, -0.25) is 9.59 Å². The molecule has 0 aromatic heterocycles. The van der Waals surface area contributed by atoms with Crippen molar-refractivity contribution in [3.05, 3.63) is 17.2 Å². The van der Waals surface area contributed by atoms with Crippen molar-refractivity contribution in [2.24, 2.45) is 0 Å². The zero-order valence-corrected chi connectivity index (χ0v) is 14.3. The van der Waals surface area contributed by atoms with Gasteiger partial charge in [0.25, 0.3) is 5.91 Å². The maximum absolute atomic E-state index is 12.6. The van der Waals surface area contributed by atoms with Crippen LogP contribution in [-0.4, -0.2) is 44.3 Å². The van der Waals surface area contributed by atoms with Crippen molar-refractivity contribution in [2.45, 2.75) is 25.3 Å². The fourth-order valence-corrected chi connectivity index (χ4v) is 2.90. The summed E-state index contributed by atoms with van der Waals surface area (Å²) in [5.74, 6) is -0.0320. The second-order valence-electron chi connectivity index (χ2n) is 5.59. The Labute approximate surface area is 149 Å². The zero-order valence-electron chi connectivity index (χ0n) is 13.5. The second-order valence-corrected chi connectivity index (χ2v) is 6.00. The van der Waals surface area contributed by atoms with E-state index >= 15 is 0 Å². The largest absolute Gasteiger partial charge is 0.490 e. The summed E-state index contributed by atoms with van der Waals surface area (Å²) in [7, 11) is 1.27. The number of carbonyl (C=O) groups excluding carboxylic acids is 3. The molecule has 9 heteroatoms. The minimum Gasteiger partial charge on any atom is -0.490 e. The molecule has 2 aliphatic rings. The number of urea groups is 1. The van der Waals surface area contributed by atoms with E-state index in [0.717, 1.165) is 11.3 Å². The molecule has 8 nitrogen and oxygen atoms in total. The molecule has 134 valence electrons. The minimum absolute atomic E-state index is 0.0237. The Morgan fingerprint density at radius 1 is 1.32 bits per heavy atom. The van der Waals surface area contributed by atoms with Crippen LogP contribution in [-0.2, 0) is 14.3 Å². The first-order chi connectivity index (χ1) is 12.0. The maximum Gasteiger partial charge on any atom is 0.329 e. The van der Waals surface area contributed by atoms with Crippen LogP contribution in [0.3, 0.4) is 0 Å². The number of esters is 1. The number of carbonyl (C=O) groups is 3. The number of hydrogen-bond donors (Lipinski definition) is 1. The van der Waals surface area contributed by atoms with E-state index < -0.39 is 23.9 Å². The second kappa shape index (κ2) is 7.18. The van der Waals surface area contributed by atoms with Crippen LogP contribution in [0.5, 0.6) is 11.5 Å². The Morgan fingerprint density at radius 2 is 2.00 bits per heavy atom. The standard InChI is InChI=1S/C16H17ClN2O6/c1-23-14(20)4-3-10-15(21)19(16(22)18-10)11-8-13-12(7-9(11)17)24-5-2-6-25-13/h7-8,10H,2-6H2,1H3,(H,18,22)/t10-/m1/s1. The summed E-state index contributed by atoms with van der Waals surface area (Å²) in [6.45, 7) is 0.970. The number of hydrogen-bond acceptors (Lipinski definition) is 6. The van der Waals surface area contributed by atoms with Gasteiger partial charge in [-0.05, 0) is 6.42 Å². The van der Waals surface area contributed by atoms with Gasteiger partial charge in [0.1, 0.15) is 6.04 Å². The Kier molecular flexibility index (Phi) is 4.98. The molecule has 1 aromatic carbocycles. The van der Waals surface area contributed by atoms with Crippen LogP contribution in [0.2, 0.25) is 5.02 Å². The lowest BCUT2D eigenvalue weighted by molar-refractivity contribution is -0.140. The third-order valence-corrected chi connectivity index (χ3v) is 4.24. The maximum atomic E-state index is 12.6. The number of amides is 3. The molecular weight excluding hydrogens is 352 g/mol. The van der Waals surface area contributed by atoms with Gasteiger partial charge in [-0.15, -0.1) is 0 Å². The summed E-state index contributed by atoms with van der Waals surface area (Å²) >= 11 is 6.24. The first kappa shape index (κ1) is 17.3. The Bertz CT molecular complexity index is 723. The fourth-order valence-electron chi connectivity index (χ4n) is 2.66. The number of anilines is 1. The van der Waals surface area contributed by atoms with Crippen molar-refractivity contribution < 1.29 is 28.6 Å². The van der Waals surface area contributed by atoms with E-state index in [9.17, 15) is 14.4 Å². The number of nitrogens with one attached hydrogen (secondary N) is 1. The van der Waals surface area contributed by atoms with Crippen LogP contribution in [0.25, 0.3) is 0 Å². The smallest absolute Gasteiger partial charge is 0.329 e. The molecule has 3 amide bonds. The summed E-state index contributed by atoms with van der Waals surface area (Å²) in [4.78, 5) is 37.0. The lowest BCUT2D eigenvalue weighted by Crippen LogP contribution is -2.31. The molecule has 1 N–H and O–H groups in total. The molecule has 0 saturated carbocycles. The number of nitrogens with zero attached hydrogens (tertiary/aromatic N) is 1. The average Bonchev–Trinajstić information content (AvgIpc) is 2.76. The van der Waals surface area contributed by atoms with Gasteiger partial charge in [-0.25, -0.2) is 9.69 Å². The van der Waals surface area contributed by atoms with E-state index in [4.69, 9.17) is 21.1 Å². The molecule has 3 rings (SSSR count). The van der Waals surface area contributed by atoms with Crippen LogP contribution < -0.4 is 19.7 Å². The summed E-state index contributed by atoms with van der Waals surface area (Å²) in [5.41, 5.74) is 0.217. The molecule has 0 spiro atoms. The lowest BCUT2D eigenvalue weighted by atomic mass is 10.1. The number of halogens is 1. The number of fused-ring (bicyclic) bond motifs is 1. The third-order valence-electron chi connectivity index (χ3n) is 3.94. The number of benzene rings is 1. The van der Waals surface area contributed by atoms with Gasteiger partial charge in [-0.1, -0.05) is 11.6 Å². The minimum atomic E-state index is -0.807.